The molecule has 0 saturated carbocycles. The van der Waals surface area contributed by atoms with Crippen molar-refractivity contribution in [2.45, 2.75) is 32.1 Å². The van der Waals surface area contributed by atoms with Gasteiger partial charge in [-0.3, -0.25) is 19.6 Å². The number of carbonyl (C=O) groups is 2. The number of aromatic nitrogens is 1. The molecule has 1 aliphatic carbocycles. The summed E-state index contributed by atoms with van der Waals surface area (Å²) in [5, 5.41) is 2.67. The van der Waals surface area contributed by atoms with Crippen LogP contribution in [-0.2, 0) is 9.59 Å². The van der Waals surface area contributed by atoms with Crippen LogP contribution < -0.4 is 5.32 Å². The zero-order valence-electron chi connectivity index (χ0n) is 15.5. The fourth-order valence-corrected chi connectivity index (χ4v) is 4.04. The molecule has 1 N–H and O–H groups in total. The molecule has 1 aliphatic heterocycles. The van der Waals surface area contributed by atoms with E-state index in [0.717, 1.165) is 24.1 Å². The fourth-order valence-electron chi connectivity index (χ4n) is 4.04. The van der Waals surface area contributed by atoms with E-state index in [-0.39, 0.29) is 17.4 Å². The van der Waals surface area contributed by atoms with Gasteiger partial charge in [0, 0.05) is 41.7 Å². The first-order valence-electron chi connectivity index (χ1n) is 9.33. The number of rotatable bonds is 3. The molecule has 6 heteroatoms. The number of hydrogen-bond acceptors (Lipinski definition) is 4. The first-order chi connectivity index (χ1) is 13.6. The Hall–Kier alpha value is -3.15. The standard InChI is InChI=1S/C22H20FN3O2/c1-13-19(22(28)26-16-8-3-2-7-15(16)23)20(14-6-5-11-24-12-14)21-17(25-13)9-4-10-18(21)27/h2-3,5-8,11-12,19-20H,4,9-10H2,1H3,(H,26,28)/t19?,20-/m0/s1. The van der Waals surface area contributed by atoms with Crippen molar-refractivity contribution in [2.75, 3.05) is 5.32 Å². The van der Waals surface area contributed by atoms with Gasteiger partial charge in [0.2, 0.25) is 5.91 Å². The summed E-state index contributed by atoms with van der Waals surface area (Å²) in [6.45, 7) is 1.79. The normalized spacial score (nSPS) is 21.8. The maximum Gasteiger partial charge on any atom is 0.234 e. The third-order valence-electron chi connectivity index (χ3n) is 5.29. The molecular formula is C22H20FN3O2. The second-order valence-electron chi connectivity index (χ2n) is 7.10. The molecule has 142 valence electrons. The molecule has 1 unspecified atom stereocenters. The minimum atomic E-state index is -0.704. The lowest BCUT2D eigenvalue weighted by molar-refractivity contribution is -0.119. The molecule has 0 bridgehead atoms. The van der Waals surface area contributed by atoms with Gasteiger partial charge >= 0.3 is 0 Å². The number of Topliss-reactive ketones (excluding diaryl/α,β-unsaturated/α-hetero) is 1. The zero-order valence-corrected chi connectivity index (χ0v) is 15.5. The van der Waals surface area contributed by atoms with Crippen LogP contribution in [0.5, 0.6) is 0 Å². The molecule has 4 rings (SSSR count). The van der Waals surface area contributed by atoms with Crippen LogP contribution in [0.2, 0.25) is 0 Å². The second-order valence-corrected chi connectivity index (χ2v) is 7.10. The number of ketones is 1. The van der Waals surface area contributed by atoms with Crippen molar-refractivity contribution >= 4 is 23.1 Å². The van der Waals surface area contributed by atoms with Crippen LogP contribution in [0, 0.1) is 11.7 Å². The predicted octanol–water partition coefficient (Wildman–Crippen LogP) is 4.04. The summed E-state index contributed by atoms with van der Waals surface area (Å²) in [5.41, 5.74) is 2.88. The topological polar surface area (TPSA) is 71.4 Å². The van der Waals surface area contributed by atoms with Gasteiger partial charge in [-0.2, -0.15) is 0 Å². The van der Waals surface area contributed by atoms with E-state index < -0.39 is 17.7 Å². The minimum absolute atomic E-state index is 0.0232. The van der Waals surface area contributed by atoms with Gasteiger partial charge in [0.25, 0.3) is 0 Å². The first-order valence-corrected chi connectivity index (χ1v) is 9.33. The van der Waals surface area contributed by atoms with Crippen LogP contribution in [0.15, 0.2) is 65.1 Å². The Labute approximate surface area is 162 Å². The molecule has 2 aliphatic rings. The number of allylic oxidation sites excluding steroid dienone is 2. The van der Waals surface area contributed by atoms with Gasteiger partial charge < -0.3 is 5.32 Å². The molecule has 28 heavy (non-hydrogen) atoms. The molecule has 0 spiro atoms. The van der Waals surface area contributed by atoms with E-state index in [9.17, 15) is 14.0 Å². The molecule has 2 atom stereocenters. The van der Waals surface area contributed by atoms with Gasteiger partial charge in [-0.1, -0.05) is 18.2 Å². The molecule has 0 fully saturated rings. The number of benzene rings is 1. The molecule has 0 radical (unpaired) electrons. The molecule has 5 nitrogen and oxygen atoms in total. The highest BCUT2D eigenvalue weighted by molar-refractivity contribution is 6.13. The van der Waals surface area contributed by atoms with Crippen molar-refractivity contribution in [3.05, 3.63) is 71.4 Å². The van der Waals surface area contributed by atoms with Gasteiger partial charge in [-0.25, -0.2) is 4.39 Å². The van der Waals surface area contributed by atoms with Gasteiger partial charge in [-0.05, 0) is 43.5 Å². The van der Waals surface area contributed by atoms with Crippen molar-refractivity contribution in [2.24, 2.45) is 10.9 Å². The van der Waals surface area contributed by atoms with E-state index in [1.54, 1.807) is 37.5 Å². The lowest BCUT2D eigenvalue weighted by atomic mass is 9.71. The molecule has 1 amide bonds. The van der Waals surface area contributed by atoms with E-state index in [0.29, 0.717) is 17.7 Å². The van der Waals surface area contributed by atoms with Crippen LogP contribution in [0.1, 0.15) is 37.7 Å². The Morgan fingerprint density at radius 3 is 2.75 bits per heavy atom. The Morgan fingerprint density at radius 2 is 2.00 bits per heavy atom. The fraction of sp³-hybridized carbons (Fsp3) is 0.273. The van der Waals surface area contributed by atoms with Gasteiger partial charge in [0.15, 0.2) is 5.78 Å². The lowest BCUT2D eigenvalue weighted by Gasteiger charge is -2.34. The van der Waals surface area contributed by atoms with E-state index >= 15 is 0 Å². The Kier molecular flexibility index (Phi) is 4.86. The average Bonchev–Trinajstić information content (AvgIpc) is 2.69. The highest BCUT2D eigenvalue weighted by Gasteiger charge is 2.42. The van der Waals surface area contributed by atoms with Crippen molar-refractivity contribution in [1.29, 1.82) is 0 Å². The number of nitrogens with zero attached hydrogens (tertiary/aromatic N) is 2. The monoisotopic (exact) mass is 377 g/mol. The van der Waals surface area contributed by atoms with E-state index in [1.165, 1.54) is 12.1 Å². The number of nitrogens with one attached hydrogen (secondary N) is 1. The highest BCUT2D eigenvalue weighted by Crippen LogP contribution is 2.43. The Morgan fingerprint density at radius 1 is 1.18 bits per heavy atom. The third kappa shape index (κ3) is 3.26. The van der Waals surface area contributed by atoms with Crippen LogP contribution in [0.3, 0.4) is 0 Å². The summed E-state index contributed by atoms with van der Waals surface area (Å²) in [6.07, 6.45) is 5.27. The van der Waals surface area contributed by atoms with Gasteiger partial charge in [-0.15, -0.1) is 0 Å². The molecule has 1 aromatic carbocycles. The van der Waals surface area contributed by atoms with Crippen molar-refractivity contribution < 1.29 is 14.0 Å². The molecule has 2 heterocycles. The quantitative estimate of drug-likeness (QED) is 0.877. The number of para-hydroxylation sites is 1. The number of halogens is 1. The number of aliphatic imine (C=N–C) groups is 1. The van der Waals surface area contributed by atoms with Crippen LogP contribution in [0.4, 0.5) is 10.1 Å². The largest absolute Gasteiger partial charge is 0.323 e. The predicted molar refractivity (Wildman–Crippen MR) is 104 cm³/mol. The van der Waals surface area contributed by atoms with Crippen LogP contribution >= 0.6 is 0 Å². The Bertz CT molecular complexity index is 998. The maximum absolute atomic E-state index is 14.0. The third-order valence-corrected chi connectivity index (χ3v) is 5.29. The molecule has 2 aromatic rings. The summed E-state index contributed by atoms with van der Waals surface area (Å²) < 4.78 is 14.0. The number of pyridine rings is 1. The summed E-state index contributed by atoms with van der Waals surface area (Å²) in [4.78, 5) is 34.7. The first kappa shape index (κ1) is 18.2. The van der Waals surface area contributed by atoms with Crippen molar-refractivity contribution in [3.8, 4) is 0 Å². The minimum Gasteiger partial charge on any atom is -0.323 e. The Balaban J connectivity index is 1.77. The lowest BCUT2D eigenvalue weighted by Crippen LogP contribution is -2.39. The molecule has 1 aromatic heterocycles. The summed E-state index contributed by atoms with van der Waals surface area (Å²) in [7, 11) is 0. The van der Waals surface area contributed by atoms with Crippen molar-refractivity contribution in [1.82, 2.24) is 4.98 Å². The SMILES string of the molecule is CC1=NC2=C(C(=O)CCC2)[C@@H](c2cccnc2)C1C(=O)Nc1ccccc1F. The van der Waals surface area contributed by atoms with Crippen molar-refractivity contribution in [3.63, 3.8) is 0 Å². The van der Waals surface area contributed by atoms with E-state index in [4.69, 9.17) is 0 Å². The van der Waals surface area contributed by atoms with Crippen LogP contribution in [0.25, 0.3) is 0 Å². The summed E-state index contributed by atoms with van der Waals surface area (Å²) >= 11 is 0. The highest BCUT2D eigenvalue weighted by atomic mass is 19.1. The van der Waals surface area contributed by atoms with Gasteiger partial charge in [0.05, 0.1) is 11.6 Å². The second kappa shape index (κ2) is 7.46. The number of carbonyl (C=O) groups excluding carboxylic acids is 2. The average molecular weight is 377 g/mol. The van der Waals surface area contributed by atoms with Crippen LogP contribution in [-0.4, -0.2) is 22.4 Å². The molecule has 0 saturated heterocycles. The summed E-state index contributed by atoms with van der Waals surface area (Å²) in [6, 6.07) is 9.68. The number of anilines is 1. The van der Waals surface area contributed by atoms with E-state index in [1.807, 2.05) is 6.07 Å². The zero-order chi connectivity index (χ0) is 19.7. The smallest absolute Gasteiger partial charge is 0.234 e. The summed E-state index contributed by atoms with van der Waals surface area (Å²) in [5.74, 6) is -2.04. The van der Waals surface area contributed by atoms with E-state index in [2.05, 4.69) is 15.3 Å². The maximum atomic E-state index is 14.0. The number of amides is 1. The molecular weight excluding hydrogens is 357 g/mol. The number of hydrogen-bond donors (Lipinski definition) is 1. The van der Waals surface area contributed by atoms with Gasteiger partial charge in [0.1, 0.15) is 5.82 Å².